The van der Waals surface area contributed by atoms with Crippen LogP contribution in [0.2, 0.25) is 0 Å². The topological polar surface area (TPSA) is 78.4 Å². The largest absolute Gasteiger partial charge is 0.480 e. The summed E-state index contributed by atoms with van der Waals surface area (Å²) in [5.41, 5.74) is 0.971. The lowest BCUT2D eigenvalue weighted by Crippen LogP contribution is -2.47. The van der Waals surface area contributed by atoms with Gasteiger partial charge in [0, 0.05) is 0 Å². The van der Waals surface area contributed by atoms with Crippen LogP contribution >= 0.6 is 0 Å². The van der Waals surface area contributed by atoms with Crippen molar-refractivity contribution in [3.05, 3.63) is 35.9 Å². The van der Waals surface area contributed by atoms with Crippen LogP contribution in [0.25, 0.3) is 0 Å². The van der Waals surface area contributed by atoms with Crippen molar-refractivity contribution in [3.63, 3.8) is 0 Å². The van der Waals surface area contributed by atoms with Gasteiger partial charge in [0.1, 0.15) is 6.04 Å². The molecule has 20 heavy (non-hydrogen) atoms. The highest BCUT2D eigenvalue weighted by Crippen LogP contribution is 2.11. The third-order valence-corrected chi connectivity index (χ3v) is 2.96. The highest BCUT2D eigenvalue weighted by atomic mass is 16.4. The van der Waals surface area contributed by atoms with Crippen molar-refractivity contribution < 1.29 is 14.7 Å². The van der Waals surface area contributed by atoms with Crippen LogP contribution in [0.1, 0.15) is 38.8 Å². The predicted molar refractivity (Wildman–Crippen MR) is 77.4 cm³/mol. The summed E-state index contributed by atoms with van der Waals surface area (Å²) in [6, 6.07) is 8.01. The Morgan fingerprint density at radius 2 is 1.70 bits per heavy atom. The smallest absolute Gasteiger partial charge is 0.326 e. The van der Waals surface area contributed by atoms with Crippen LogP contribution in [0.4, 0.5) is 4.79 Å². The molecule has 0 heterocycles. The number of rotatable bonds is 6. The molecule has 2 atom stereocenters. The van der Waals surface area contributed by atoms with Crippen molar-refractivity contribution in [2.24, 2.45) is 5.92 Å². The van der Waals surface area contributed by atoms with Gasteiger partial charge in [0.2, 0.25) is 0 Å². The molecule has 0 aliphatic rings. The van der Waals surface area contributed by atoms with Gasteiger partial charge in [0.05, 0.1) is 6.04 Å². The molecule has 2 amide bonds. The van der Waals surface area contributed by atoms with Gasteiger partial charge in [0.25, 0.3) is 0 Å². The molecule has 1 rings (SSSR count). The van der Waals surface area contributed by atoms with E-state index in [4.69, 9.17) is 5.11 Å². The number of nitrogens with one attached hydrogen (secondary N) is 2. The van der Waals surface area contributed by atoms with Crippen LogP contribution in [0.3, 0.4) is 0 Å². The van der Waals surface area contributed by atoms with Crippen LogP contribution in [0.15, 0.2) is 30.3 Å². The molecule has 3 N–H and O–H groups in total. The van der Waals surface area contributed by atoms with Crippen molar-refractivity contribution in [2.45, 2.75) is 39.3 Å². The van der Waals surface area contributed by atoms with Crippen LogP contribution in [0, 0.1) is 5.92 Å². The quantitative estimate of drug-likeness (QED) is 0.748. The lowest BCUT2D eigenvalue weighted by atomic mass is 10.0. The van der Waals surface area contributed by atoms with Crippen LogP contribution in [0.5, 0.6) is 0 Å². The van der Waals surface area contributed by atoms with E-state index in [1.807, 2.05) is 51.1 Å². The molecule has 0 aromatic heterocycles. The number of aliphatic carboxylic acids is 1. The molecule has 1 aromatic carbocycles. The molecule has 1 aromatic rings. The van der Waals surface area contributed by atoms with E-state index in [0.717, 1.165) is 5.56 Å². The lowest BCUT2D eigenvalue weighted by molar-refractivity contribution is -0.139. The molecule has 0 saturated heterocycles. The molecule has 5 heteroatoms. The normalized spacial score (nSPS) is 13.6. The van der Waals surface area contributed by atoms with E-state index in [0.29, 0.717) is 6.42 Å². The van der Waals surface area contributed by atoms with Crippen molar-refractivity contribution in [1.29, 1.82) is 0 Å². The number of hydrogen-bond acceptors (Lipinski definition) is 2. The van der Waals surface area contributed by atoms with E-state index in [-0.39, 0.29) is 12.0 Å². The zero-order valence-electron chi connectivity index (χ0n) is 12.1. The summed E-state index contributed by atoms with van der Waals surface area (Å²) in [5.74, 6) is -0.816. The highest BCUT2D eigenvalue weighted by molar-refractivity contribution is 5.82. The number of carboxylic acids is 1. The summed E-state index contributed by atoms with van der Waals surface area (Å²) in [5, 5.41) is 14.3. The molecule has 0 aliphatic heterocycles. The van der Waals surface area contributed by atoms with Crippen molar-refractivity contribution in [1.82, 2.24) is 10.6 Å². The van der Waals surface area contributed by atoms with Crippen molar-refractivity contribution in [3.8, 4) is 0 Å². The number of carbonyl (C=O) groups excluding carboxylic acids is 1. The first-order chi connectivity index (χ1) is 9.40. The molecule has 0 radical (unpaired) electrons. The first-order valence-electron chi connectivity index (χ1n) is 6.75. The van der Waals surface area contributed by atoms with Crippen LogP contribution in [-0.2, 0) is 4.79 Å². The fourth-order valence-electron chi connectivity index (χ4n) is 1.91. The Morgan fingerprint density at radius 1 is 1.10 bits per heavy atom. The van der Waals surface area contributed by atoms with E-state index in [9.17, 15) is 9.59 Å². The third kappa shape index (κ3) is 5.30. The second-order valence-electron chi connectivity index (χ2n) is 5.27. The Labute approximate surface area is 119 Å². The Hall–Kier alpha value is -2.04. The number of carboxylic acid groups (broad SMARTS) is 1. The van der Waals surface area contributed by atoms with Gasteiger partial charge in [-0.3, -0.25) is 0 Å². The van der Waals surface area contributed by atoms with Gasteiger partial charge in [-0.1, -0.05) is 44.2 Å². The van der Waals surface area contributed by atoms with Crippen LogP contribution in [-0.4, -0.2) is 23.1 Å². The zero-order valence-corrected chi connectivity index (χ0v) is 12.1. The molecule has 0 bridgehead atoms. The Kier molecular flexibility index (Phi) is 6.03. The van der Waals surface area contributed by atoms with E-state index in [1.165, 1.54) is 0 Å². The summed E-state index contributed by atoms with van der Waals surface area (Å²) in [6.07, 6.45) is 0.405. The Balaban J connectivity index is 2.55. The van der Waals surface area contributed by atoms with Gasteiger partial charge >= 0.3 is 12.0 Å². The fourth-order valence-corrected chi connectivity index (χ4v) is 1.91. The number of carbonyl (C=O) groups is 2. The van der Waals surface area contributed by atoms with Gasteiger partial charge in [-0.15, -0.1) is 0 Å². The SMILES string of the molecule is CC(C)C[C@H](NC(=O)N[C@@H](C)c1ccccc1)C(=O)O. The molecule has 0 saturated carbocycles. The number of amides is 2. The van der Waals surface area contributed by atoms with E-state index in [2.05, 4.69) is 10.6 Å². The van der Waals surface area contributed by atoms with E-state index in [1.54, 1.807) is 0 Å². The number of hydrogen-bond donors (Lipinski definition) is 3. The maximum Gasteiger partial charge on any atom is 0.326 e. The van der Waals surface area contributed by atoms with Crippen molar-refractivity contribution in [2.75, 3.05) is 0 Å². The minimum absolute atomic E-state index is 0.176. The summed E-state index contributed by atoms with van der Waals surface area (Å²) in [7, 11) is 0. The summed E-state index contributed by atoms with van der Waals surface area (Å²) < 4.78 is 0. The van der Waals surface area contributed by atoms with Gasteiger partial charge in [-0.25, -0.2) is 9.59 Å². The number of benzene rings is 1. The van der Waals surface area contributed by atoms with Gasteiger partial charge in [0.15, 0.2) is 0 Å². The second-order valence-corrected chi connectivity index (χ2v) is 5.27. The predicted octanol–water partition coefficient (Wildman–Crippen LogP) is 2.55. The number of urea groups is 1. The third-order valence-electron chi connectivity index (χ3n) is 2.96. The van der Waals surface area contributed by atoms with Gasteiger partial charge in [-0.05, 0) is 24.8 Å². The maximum absolute atomic E-state index is 11.8. The van der Waals surface area contributed by atoms with Gasteiger partial charge < -0.3 is 15.7 Å². The second kappa shape index (κ2) is 7.53. The summed E-state index contributed by atoms with van der Waals surface area (Å²) in [6.45, 7) is 5.69. The maximum atomic E-state index is 11.8. The zero-order chi connectivity index (χ0) is 15.1. The van der Waals surface area contributed by atoms with Gasteiger partial charge in [-0.2, -0.15) is 0 Å². The molecule has 110 valence electrons. The summed E-state index contributed by atoms with van der Waals surface area (Å²) in [4.78, 5) is 22.9. The average molecular weight is 278 g/mol. The van der Waals surface area contributed by atoms with E-state index < -0.39 is 18.0 Å². The van der Waals surface area contributed by atoms with Crippen molar-refractivity contribution >= 4 is 12.0 Å². The highest BCUT2D eigenvalue weighted by Gasteiger charge is 2.21. The minimum Gasteiger partial charge on any atom is -0.480 e. The van der Waals surface area contributed by atoms with E-state index >= 15 is 0 Å². The molecule has 0 fully saturated rings. The molecule has 0 spiro atoms. The van der Waals surface area contributed by atoms with Crippen LogP contribution < -0.4 is 10.6 Å². The molecule has 5 nitrogen and oxygen atoms in total. The fraction of sp³-hybridized carbons (Fsp3) is 0.467. The first kappa shape index (κ1) is 16.0. The Morgan fingerprint density at radius 3 is 2.20 bits per heavy atom. The minimum atomic E-state index is -1.01. The molecular weight excluding hydrogens is 256 g/mol. The first-order valence-corrected chi connectivity index (χ1v) is 6.75. The lowest BCUT2D eigenvalue weighted by Gasteiger charge is -2.19. The standard InChI is InChI=1S/C15H22N2O3/c1-10(2)9-13(14(18)19)17-15(20)16-11(3)12-7-5-4-6-8-12/h4-8,10-11,13H,9H2,1-3H3,(H,18,19)(H2,16,17,20)/t11-,13-/m0/s1. The Bertz CT molecular complexity index is 446. The molecule has 0 unspecified atom stereocenters. The molecular formula is C15H22N2O3. The monoisotopic (exact) mass is 278 g/mol. The summed E-state index contributed by atoms with van der Waals surface area (Å²) >= 11 is 0. The molecule has 0 aliphatic carbocycles. The average Bonchev–Trinajstić information content (AvgIpc) is 2.38.